The molecule has 1 unspecified atom stereocenters. The van der Waals surface area contributed by atoms with E-state index in [2.05, 4.69) is 9.72 Å². The molecule has 1 saturated heterocycles. The Bertz CT molecular complexity index is 474. The van der Waals surface area contributed by atoms with Gasteiger partial charge in [0, 0.05) is 6.54 Å². The summed E-state index contributed by atoms with van der Waals surface area (Å²) in [5.74, 6) is -0.736. The fourth-order valence-corrected chi connectivity index (χ4v) is 1.80. The lowest BCUT2D eigenvalue weighted by atomic mass is 10.2. The molecule has 102 valence electrons. The van der Waals surface area contributed by atoms with Crippen molar-refractivity contribution in [3.63, 3.8) is 0 Å². The van der Waals surface area contributed by atoms with Gasteiger partial charge in [-0.05, 0) is 12.1 Å². The highest BCUT2D eigenvalue weighted by atomic mass is 16.6. The number of methoxy groups -OCH3 is 1. The van der Waals surface area contributed by atoms with E-state index in [1.807, 2.05) is 0 Å². The van der Waals surface area contributed by atoms with Crippen LogP contribution in [0.25, 0.3) is 0 Å². The predicted octanol–water partition coefficient (Wildman–Crippen LogP) is -0.322. The van der Waals surface area contributed by atoms with Crippen molar-refractivity contribution < 1.29 is 19.1 Å². The van der Waals surface area contributed by atoms with Gasteiger partial charge >= 0.3 is 5.97 Å². The van der Waals surface area contributed by atoms with Crippen molar-refractivity contribution in [2.45, 2.75) is 6.10 Å². The zero-order chi connectivity index (χ0) is 13.8. The summed E-state index contributed by atoms with van der Waals surface area (Å²) in [4.78, 5) is 29.1. The second-order valence-electron chi connectivity index (χ2n) is 4.11. The van der Waals surface area contributed by atoms with E-state index in [0.717, 1.165) is 0 Å². The van der Waals surface area contributed by atoms with Crippen LogP contribution in [0.2, 0.25) is 0 Å². The minimum Gasteiger partial charge on any atom is -0.467 e. The van der Waals surface area contributed by atoms with Gasteiger partial charge < -0.3 is 20.1 Å². The quantitative estimate of drug-likeness (QED) is 0.736. The van der Waals surface area contributed by atoms with E-state index in [-0.39, 0.29) is 12.5 Å². The average molecular weight is 265 g/mol. The van der Waals surface area contributed by atoms with Gasteiger partial charge in [-0.25, -0.2) is 9.78 Å². The van der Waals surface area contributed by atoms with Crippen LogP contribution in [0.1, 0.15) is 10.5 Å². The van der Waals surface area contributed by atoms with Gasteiger partial charge in [0.15, 0.2) is 6.10 Å². The van der Waals surface area contributed by atoms with E-state index in [1.165, 1.54) is 18.2 Å². The number of morpholine rings is 1. The Labute approximate surface area is 110 Å². The number of carbonyl (C=O) groups is 2. The van der Waals surface area contributed by atoms with Gasteiger partial charge in [-0.2, -0.15) is 0 Å². The van der Waals surface area contributed by atoms with Crippen molar-refractivity contribution in [2.75, 3.05) is 32.5 Å². The summed E-state index contributed by atoms with van der Waals surface area (Å²) in [7, 11) is 1.29. The molecule has 2 rings (SSSR count). The first-order chi connectivity index (χ1) is 9.11. The van der Waals surface area contributed by atoms with Crippen molar-refractivity contribution in [1.29, 1.82) is 0 Å². The van der Waals surface area contributed by atoms with E-state index in [1.54, 1.807) is 12.1 Å². The van der Waals surface area contributed by atoms with Gasteiger partial charge in [0.1, 0.15) is 5.69 Å². The Morgan fingerprint density at radius 1 is 1.53 bits per heavy atom. The number of aromatic nitrogens is 1. The fourth-order valence-electron chi connectivity index (χ4n) is 1.80. The third-order valence-electron chi connectivity index (χ3n) is 2.82. The zero-order valence-electron chi connectivity index (χ0n) is 10.5. The summed E-state index contributed by atoms with van der Waals surface area (Å²) in [6.07, 6.45) is 0.683. The lowest BCUT2D eigenvalue weighted by molar-refractivity contribution is -0.158. The SMILES string of the molecule is COC(=O)C1CN(C(=O)c2ccc(N)cn2)CCO1. The molecule has 0 saturated carbocycles. The molecule has 0 radical (unpaired) electrons. The van der Waals surface area contributed by atoms with Crippen LogP contribution in [0.5, 0.6) is 0 Å². The first kappa shape index (κ1) is 13.3. The third kappa shape index (κ3) is 3.00. The number of esters is 1. The molecule has 19 heavy (non-hydrogen) atoms. The largest absolute Gasteiger partial charge is 0.467 e. The van der Waals surface area contributed by atoms with Crippen LogP contribution in [0.4, 0.5) is 5.69 Å². The number of amides is 1. The Balaban J connectivity index is 2.06. The normalized spacial score (nSPS) is 19.0. The molecule has 2 N–H and O–H groups in total. The van der Waals surface area contributed by atoms with Gasteiger partial charge in [-0.1, -0.05) is 0 Å². The smallest absolute Gasteiger partial charge is 0.336 e. The molecule has 1 amide bonds. The molecule has 1 aliphatic rings. The maximum Gasteiger partial charge on any atom is 0.336 e. The molecule has 0 aromatic carbocycles. The predicted molar refractivity (Wildman–Crippen MR) is 66.3 cm³/mol. The van der Waals surface area contributed by atoms with Crippen molar-refractivity contribution in [2.24, 2.45) is 0 Å². The highest BCUT2D eigenvalue weighted by molar-refractivity contribution is 5.93. The average Bonchev–Trinajstić information content (AvgIpc) is 2.46. The number of carbonyl (C=O) groups excluding carboxylic acids is 2. The summed E-state index contributed by atoms with van der Waals surface area (Å²) in [6, 6.07) is 3.17. The van der Waals surface area contributed by atoms with Gasteiger partial charge in [0.2, 0.25) is 0 Å². The van der Waals surface area contributed by atoms with E-state index in [4.69, 9.17) is 10.5 Å². The van der Waals surface area contributed by atoms with Crippen LogP contribution in [-0.2, 0) is 14.3 Å². The third-order valence-corrected chi connectivity index (χ3v) is 2.82. The molecule has 0 bridgehead atoms. The Kier molecular flexibility index (Phi) is 3.96. The van der Waals surface area contributed by atoms with E-state index in [9.17, 15) is 9.59 Å². The molecule has 1 aliphatic heterocycles. The number of ether oxygens (including phenoxy) is 2. The number of anilines is 1. The number of rotatable bonds is 2. The fraction of sp³-hybridized carbons (Fsp3) is 0.417. The molecular weight excluding hydrogens is 250 g/mol. The summed E-state index contributed by atoms with van der Waals surface area (Å²) >= 11 is 0. The van der Waals surface area contributed by atoms with Crippen LogP contribution in [0, 0.1) is 0 Å². The Morgan fingerprint density at radius 2 is 2.32 bits per heavy atom. The maximum atomic E-state index is 12.2. The molecule has 1 aromatic heterocycles. The molecule has 7 nitrogen and oxygen atoms in total. The second kappa shape index (κ2) is 5.66. The molecule has 0 spiro atoms. The van der Waals surface area contributed by atoms with E-state index < -0.39 is 12.1 Å². The molecule has 1 aromatic rings. The number of pyridine rings is 1. The van der Waals surface area contributed by atoms with Gasteiger partial charge in [0.05, 0.1) is 32.1 Å². The topological polar surface area (TPSA) is 94.8 Å². The maximum absolute atomic E-state index is 12.2. The van der Waals surface area contributed by atoms with Gasteiger partial charge in [-0.15, -0.1) is 0 Å². The molecule has 0 aliphatic carbocycles. The number of nitrogens with two attached hydrogens (primary N) is 1. The molecular formula is C12H15N3O4. The Hall–Kier alpha value is -2.15. The zero-order valence-corrected chi connectivity index (χ0v) is 10.5. The number of nitrogen functional groups attached to an aromatic ring is 1. The van der Waals surface area contributed by atoms with E-state index in [0.29, 0.717) is 24.5 Å². The minimum atomic E-state index is -0.739. The molecule has 1 fully saturated rings. The van der Waals surface area contributed by atoms with Gasteiger partial charge in [0.25, 0.3) is 5.91 Å². The summed E-state index contributed by atoms with van der Waals surface area (Å²) in [5, 5.41) is 0. The lowest BCUT2D eigenvalue weighted by Crippen LogP contribution is -2.49. The monoisotopic (exact) mass is 265 g/mol. The lowest BCUT2D eigenvalue weighted by Gasteiger charge is -2.31. The Morgan fingerprint density at radius 3 is 2.95 bits per heavy atom. The van der Waals surface area contributed by atoms with Crippen LogP contribution < -0.4 is 5.73 Å². The number of hydrogen-bond acceptors (Lipinski definition) is 6. The summed E-state index contributed by atoms with van der Waals surface area (Å²) in [6.45, 7) is 0.871. The molecule has 2 heterocycles. The van der Waals surface area contributed by atoms with Crippen molar-refractivity contribution in [1.82, 2.24) is 9.88 Å². The number of nitrogens with zero attached hydrogens (tertiary/aromatic N) is 2. The first-order valence-electron chi connectivity index (χ1n) is 5.82. The summed E-state index contributed by atoms with van der Waals surface area (Å²) < 4.78 is 9.86. The van der Waals surface area contributed by atoms with Crippen LogP contribution in [0.15, 0.2) is 18.3 Å². The van der Waals surface area contributed by atoms with E-state index >= 15 is 0 Å². The number of hydrogen-bond donors (Lipinski definition) is 1. The van der Waals surface area contributed by atoms with Crippen LogP contribution in [-0.4, -0.2) is 54.7 Å². The standard InChI is InChI=1S/C12H15N3O4/c1-18-12(17)10-7-15(4-5-19-10)11(16)9-3-2-8(13)6-14-9/h2-3,6,10H,4-5,7,13H2,1H3. The van der Waals surface area contributed by atoms with Crippen molar-refractivity contribution in [3.05, 3.63) is 24.0 Å². The first-order valence-corrected chi connectivity index (χ1v) is 5.82. The summed E-state index contributed by atoms with van der Waals surface area (Å²) in [5.41, 5.74) is 6.30. The minimum absolute atomic E-state index is 0.164. The van der Waals surface area contributed by atoms with Crippen LogP contribution in [0.3, 0.4) is 0 Å². The molecule has 1 atom stereocenters. The van der Waals surface area contributed by atoms with Crippen molar-refractivity contribution in [3.8, 4) is 0 Å². The highest BCUT2D eigenvalue weighted by Gasteiger charge is 2.30. The second-order valence-corrected chi connectivity index (χ2v) is 4.11. The van der Waals surface area contributed by atoms with Gasteiger partial charge in [-0.3, -0.25) is 4.79 Å². The van der Waals surface area contributed by atoms with Crippen molar-refractivity contribution >= 4 is 17.6 Å². The highest BCUT2D eigenvalue weighted by Crippen LogP contribution is 2.11. The van der Waals surface area contributed by atoms with Crippen LogP contribution >= 0.6 is 0 Å². The molecule has 7 heteroatoms.